The zero-order valence-corrected chi connectivity index (χ0v) is 18.1. The maximum absolute atomic E-state index is 10.2. The number of hydrogen-bond acceptors (Lipinski definition) is 6. The number of rotatable bonds is 10. The van der Waals surface area contributed by atoms with Gasteiger partial charge in [0, 0.05) is 51.3 Å². The van der Waals surface area contributed by atoms with Crippen LogP contribution in [0.25, 0.3) is 5.69 Å². The molecule has 4 rings (SSSR count). The molecule has 0 aliphatic rings. The first-order chi connectivity index (χ1) is 15.7. The van der Waals surface area contributed by atoms with Crippen LogP contribution in [0.3, 0.4) is 0 Å². The third-order valence-corrected chi connectivity index (χ3v) is 5.30. The van der Waals surface area contributed by atoms with Gasteiger partial charge in [-0.2, -0.15) is 0 Å². The highest BCUT2D eigenvalue weighted by atomic mass is 16.5. The number of nitrogens with zero attached hydrogens (tertiary/aromatic N) is 5. The fourth-order valence-corrected chi connectivity index (χ4v) is 3.72. The summed E-state index contributed by atoms with van der Waals surface area (Å²) in [6, 6.07) is 19.2. The normalized spacial score (nSPS) is 12.2. The lowest BCUT2D eigenvalue weighted by Crippen LogP contribution is -2.39. The molecular formula is C25H27N5O2. The smallest absolute Gasteiger partial charge is 0.139 e. The molecule has 32 heavy (non-hydrogen) atoms. The topological polar surface area (TPSA) is 76.3 Å². The van der Waals surface area contributed by atoms with Crippen LogP contribution in [0.1, 0.15) is 17.1 Å². The number of ether oxygens (including phenoxy) is 1. The Morgan fingerprint density at radius 2 is 1.53 bits per heavy atom. The van der Waals surface area contributed by atoms with Crippen LogP contribution >= 0.6 is 0 Å². The monoisotopic (exact) mass is 429 g/mol. The number of benzene rings is 1. The Labute approximate surface area is 188 Å². The fraction of sp³-hybridized carbons (Fsp3) is 0.240. The summed E-state index contributed by atoms with van der Waals surface area (Å²) in [7, 11) is 1.72. The van der Waals surface area contributed by atoms with E-state index in [1.54, 1.807) is 25.6 Å². The molecule has 3 aromatic heterocycles. The summed E-state index contributed by atoms with van der Waals surface area (Å²) < 4.78 is 7.43. The SMILES string of the molecule is COC[C@H](Cc1cn(-c2ccccc2O)cn1)N(Cc1ccccn1)Cc1ccccn1. The van der Waals surface area contributed by atoms with Gasteiger partial charge in [-0.25, -0.2) is 4.98 Å². The Morgan fingerprint density at radius 1 is 0.875 bits per heavy atom. The van der Waals surface area contributed by atoms with Crippen LogP contribution in [0, 0.1) is 0 Å². The molecule has 0 radical (unpaired) electrons. The van der Waals surface area contributed by atoms with Gasteiger partial charge in [0.05, 0.1) is 35.7 Å². The molecule has 0 saturated heterocycles. The minimum absolute atomic E-state index is 0.0664. The van der Waals surface area contributed by atoms with Gasteiger partial charge in [0.1, 0.15) is 5.75 Å². The van der Waals surface area contributed by atoms with Crippen molar-refractivity contribution in [2.24, 2.45) is 0 Å². The number of phenols is 1. The second kappa shape index (κ2) is 10.7. The highest BCUT2D eigenvalue weighted by Gasteiger charge is 2.22. The van der Waals surface area contributed by atoms with Crippen LogP contribution in [-0.2, 0) is 24.2 Å². The molecule has 164 valence electrons. The highest BCUT2D eigenvalue weighted by Crippen LogP contribution is 2.22. The molecule has 3 heterocycles. The van der Waals surface area contributed by atoms with Crippen molar-refractivity contribution in [3.05, 3.63) is 103 Å². The highest BCUT2D eigenvalue weighted by molar-refractivity contribution is 5.45. The van der Waals surface area contributed by atoms with E-state index in [2.05, 4.69) is 19.9 Å². The summed E-state index contributed by atoms with van der Waals surface area (Å²) in [5.74, 6) is 0.219. The molecule has 0 amide bonds. The standard InChI is InChI=1S/C25H27N5O2/c1-32-18-23(14-22-17-30(19-28-22)24-10-2-3-11-25(24)31)29(15-20-8-4-6-12-26-20)16-21-9-5-7-13-27-21/h2-13,17,19,23,31H,14-16,18H2,1H3/t23-/m0/s1. The van der Waals surface area contributed by atoms with E-state index in [4.69, 9.17) is 4.74 Å². The Hall–Kier alpha value is -3.55. The van der Waals surface area contributed by atoms with Crippen molar-refractivity contribution in [1.29, 1.82) is 0 Å². The minimum atomic E-state index is 0.0664. The van der Waals surface area contributed by atoms with E-state index < -0.39 is 0 Å². The number of phenolic OH excluding ortho intramolecular Hbond substituents is 1. The van der Waals surface area contributed by atoms with E-state index >= 15 is 0 Å². The number of pyridine rings is 2. The lowest BCUT2D eigenvalue weighted by atomic mass is 10.1. The Balaban J connectivity index is 1.57. The summed E-state index contributed by atoms with van der Waals surface area (Å²) >= 11 is 0. The van der Waals surface area contributed by atoms with Crippen molar-refractivity contribution in [3.63, 3.8) is 0 Å². The number of imidazole rings is 1. The van der Waals surface area contributed by atoms with E-state index in [1.165, 1.54) is 0 Å². The third kappa shape index (κ3) is 5.57. The molecule has 1 aromatic carbocycles. The molecule has 0 aliphatic carbocycles. The fourth-order valence-electron chi connectivity index (χ4n) is 3.72. The van der Waals surface area contributed by atoms with Crippen molar-refractivity contribution in [1.82, 2.24) is 24.4 Å². The lowest BCUT2D eigenvalue weighted by Gasteiger charge is -2.30. The minimum Gasteiger partial charge on any atom is -0.506 e. The second-order valence-corrected chi connectivity index (χ2v) is 7.62. The molecule has 7 heteroatoms. The molecule has 0 fully saturated rings. The molecule has 1 atom stereocenters. The Bertz CT molecular complexity index is 1060. The third-order valence-electron chi connectivity index (χ3n) is 5.30. The van der Waals surface area contributed by atoms with Crippen molar-refractivity contribution >= 4 is 0 Å². The maximum Gasteiger partial charge on any atom is 0.139 e. The number of hydrogen-bond donors (Lipinski definition) is 1. The molecule has 0 bridgehead atoms. The maximum atomic E-state index is 10.2. The van der Waals surface area contributed by atoms with Gasteiger partial charge in [-0.3, -0.25) is 14.9 Å². The Morgan fingerprint density at radius 3 is 2.12 bits per heavy atom. The van der Waals surface area contributed by atoms with Crippen LogP contribution in [-0.4, -0.2) is 49.3 Å². The van der Waals surface area contributed by atoms with Gasteiger partial charge in [0.25, 0.3) is 0 Å². The first-order valence-electron chi connectivity index (χ1n) is 10.6. The van der Waals surface area contributed by atoms with E-state index in [0.717, 1.165) is 17.1 Å². The molecule has 7 nitrogen and oxygen atoms in total. The second-order valence-electron chi connectivity index (χ2n) is 7.62. The van der Waals surface area contributed by atoms with Gasteiger partial charge in [-0.05, 0) is 36.4 Å². The first kappa shape index (κ1) is 21.7. The zero-order valence-electron chi connectivity index (χ0n) is 18.1. The van der Waals surface area contributed by atoms with Crippen molar-refractivity contribution in [2.75, 3.05) is 13.7 Å². The van der Waals surface area contributed by atoms with E-state index in [1.807, 2.05) is 71.7 Å². The van der Waals surface area contributed by atoms with Gasteiger partial charge < -0.3 is 14.4 Å². The predicted octanol–water partition coefficient (Wildman–Crippen LogP) is 3.63. The van der Waals surface area contributed by atoms with Crippen molar-refractivity contribution < 1.29 is 9.84 Å². The number of methoxy groups -OCH3 is 1. The van der Waals surface area contributed by atoms with Crippen LogP contribution in [0.2, 0.25) is 0 Å². The molecule has 1 N–H and O–H groups in total. The first-order valence-corrected chi connectivity index (χ1v) is 10.6. The number of aromatic nitrogens is 4. The number of para-hydroxylation sites is 2. The predicted molar refractivity (Wildman–Crippen MR) is 122 cm³/mol. The van der Waals surface area contributed by atoms with Crippen LogP contribution in [0.15, 0.2) is 85.6 Å². The molecule has 0 saturated carbocycles. The summed E-state index contributed by atoms with van der Waals surface area (Å²) in [4.78, 5) is 15.9. The molecular weight excluding hydrogens is 402 g/mol. The van der Waals surface area contributed by atoms with E-state index in [9.17, 15) is 5.11 Å². The average molecular weight is 430 g/mol. The Kier molecular flexibility index (Phi) is 7.22. The van der Waals surface area contributed by atoms with Gasteiger partial charge in [-0.1, -0.05) is 24.3 Å². The van der Waals surface area contributed by atoms with Gasteiger partial charge in [0.2, 0.25) is 0 Å². The van der Waals surface area contributed by atoms with Gasteiger partial charge in [0.15, 0.2) is 0 Å². The van der Waals surface area contributed by atoms with Crippen LogP contribution < -0.4 is 0 Å². The van der Waals surface area contributed by atoms with E-state index in [-0.39, 0.29) is 11.8 Å². The van der Waals surface area contributed by atoms with E-state index in [0.29, 0.717) is 31.8 Å². The van der Waals surface area contributed by atoms with Crippen LogP contribution in [0.4, 0.5) is 0 Å². The zero-order chi connectivity index (χ0) is 22.2. The van der Waals surface area contributed by atoms with Gasteiger partial charge in [-0.15, -0.1) is 0 Å². The summed E-state index contributed by atoms with van der Waals surface area (Å²) in [5.41, 5.74) is 3.60. The summed E-state index contributed by atoms with van der Waals surface area (Å²) in [6.07, 6.45) is 8.00. The quantitative estimate of drug-likeness (QED) is 0.415. The molecule has 0 spiro atoms. The molecule has 0 aliphatic heterocycles. The average Bonchev–Trinajstić information content (AvgIpc) is 3.28. The van der Waals surface area contributed by atoms with Crippen LogP contribution in [0.5, 0.6) is 5.75 Å². The van der Waals surface area contributed by atoms with Crippen molar-refractivity contribution in [2.45, 2.75) is 25.6 Å². The number of aromatic hydroxyl groups is 1. The molecule has 4 aromatic rings. The van der Waals surface area contributed by atoms with Gasteiger partial charge >= 0.3 is 0 Å². The van der Waals surface area contributed by atoms with Crippen molar-refractivity contribution in [3.8, 4) is 11.4 Å². The molecule has 0 unspecified atom stereocenters. The lowest BCUT2D eigenvalue weighted by molar-refractivity contribution is 0.0775. The summed E-state index contributed by atoms with van der Waals surface area (Å²) in [5, 5.41) is 10.2. The summed E-state index contributed by atoms with van der Waals surface area (Å²) in [6.45, 7) is 1.89. The largest absolute Gasteiger partial charge is 0.506 e.